The minimum atomic E-state index is -5.87. The number of halogens is 3. The Hall–Kier alpha value is -2.72. The smallest absolute Gasteiger partial charge is 0.269 e. The lowest BCUT2D eigenvalue weighted by Gasteiger charge is -2.26. The first-order valence-corrected chi connectivity index (χ1v) is 9.49. The summed E-state index contributed by atoms with van der Waals surface area (Å²) < 4.78 is 64.5. The predicted molar refractivity (Wildman–Crippen MR) is 91.8 cm³/mol. The summed E-state index contributed by atoms with van der Waals surface area (Å²) in [7, 11) is -5.87. The monoisotopic (exact) mass is 413 g/mol. The predicted octanol–water partition coefficient (Wildman–Crippen LogP) is 2.76. The Labute approximate surface area is 158 Å². The molecule has 2 aromatic carbocycles. The van der Waals surface area contributed by atoms with E-state index in [4.69, 9.17) is 0 Å². The van der Waals surface area contributed by atoms with Gasteiger partial charge < -0.3 is 0 Å². The van der Waals surface area contributed by atoms with Crippen LogP contribution in [0.5, 0.6) is 0 Å². The van der Waals surface area contributed by atoms with E-state index in [-0.39, 0.29) is 17.5 Å². The van der Waals surface area contributed by atoms with Crippen LogP contribution in [0, 0.1) is 0 Å². The van der Waals surface area contributed by atoms with Crippen molar-refractivity contribution >= 4 is 21.9 Å². The van der Waals surface area contributed by atoms with E-state index in [0.717, 1.165) is 4.90 Å². The SMILES string of the molecule is O=C1c2ccccc2C(=O)N1[C@@H](COS(=O)(=O)C(F)(F)F)Cc1ccccc1. The molecule has 0 saturated carbocycles. The number of nitrogens with zero attached hydrogens (tertiary/aromatic N) is 1. The maximum Gasteiger partial charge on any atom is 0.523 e. The number of hydrogen-bond acceptors (Lipinski definition) is 5. The molecule has 3 rings (SSSR count). The van der Waals surface area contributed by atoms with Crippen LogP contribution in [0.25, 0.3) is 0 Å². The lowest BCUT2D eigenvalue weighted by Crippen LogP contribution is -2.45. The van der Waals surface area contributed by atoms with Gasteiger partial charge in [0.1, 0.15) is 0 Å². The summed E-state index contributed by atoms with van der Waals surface area (Å²) in [5.41, 5.74) is -4.81. The van der Waals surface area contributed by atoms with Gasteiger partial charge in [-0.15, -0.1) is 0 Å². The first kappa shape index (κ1) is 20.0. The zero-order chi connectivity index (χ0) is 20.5. The Morgan fingerprint density at radius 1 is 0.893 bits per heavy atom. The standard InChI is InChI=1S/C18H14F3NO5S/c19-18(20,21)28(25,26)27-11-13(10-12-6-2-1-3-7-12)22-16(23)14-8-4-5-9-15(14)17(22)24/h1-9,13H,10-11H2/t13-/m1/s1. The van der Waals surface area contributed by atoms with E-state index in [1.807, 2.05) is 0 Å². The number of benzene rings is 2. The topological polar surface area (TPSA) is 80.8 Å². The van der Waals surface area contributed by atoms with Crippen LogP contribution >= 0.6 is 0 Å². The van der Waals surface area contributed by atoms with Crippen molar-refractivity contribution in [2.45, 2.75) is 18.0 Å². The Kier molecular flexibility index (Phi) is 5.26. The van der Waals surface area contributed by atoms with E-state index >= 15 is 0 Å². The highest BCUT2D eigenvalue weighted by Crippen LogP contribution is 2.28. The molecule has 0 radical (unpaired) electrons. The summed E-state index contributed by atoms with van der Waals surface area (Å²) in [6.45, 7) is -1.01. The Morgan fingerprint density at radius 3 is 1.89 bits per heavy atom. The average molecular weight is 413 g/mol. The van der Waals surface area contributed by atoms with Crippen molar-refractivity contribution in [2.24, 2.45) is 0 Å². The molecule has 10 heteroatoms. The quantitative estimate of drug-likeness (QED) is 0.413. The molecule has 148 valence electrons. The molecule has 1 aliphatic heterocycles. The number of hydrogen-bond donors (Lipinski definition) is 0. The molecule has 0 aliphatic carbocycles. The normalized spacial score (nSPS) is 15.6. The molecule has 0 unspecified atom stereocenters. The maximum absolute atomic E-state index is 12.6. The molecule has 0 bridgehead atoms. The number of imide groups is 1. The lowest BCUT2D eigenvalue weighted by atomic mass is 10.1. The molecule has 2 amide bonds. The highest BCUT2D eigenvalue weighted by molar-refractivity contribution is 7.87. The summed E-state index contributed by atoms with van der Waals surface area (Å²) in [4.78, 5) is 26.0. The number of carbonyl (C=O) groups excluding carboxylic acids is 2. The van der Waals surface area contributed by atoms with Gasteiger partial charge in [-0.05, 0) is 24.1 Å². The number of carbonyl (C=O) groups is 2. The van der Waals surface area contributed by atoms with Gasteiger partial charge in [-0.25, -0.2) is 0 Å². The first-order chi connectivity index (χ1) is 13.1. The molecule has 1 atom stereocenters. The van der Waals surface area contributed by atoms with Crippen molar-refractivity contribution in [1.29, 1.82) is 0 Å². The van der Waals surface area contributed by atoms with Gasteiger partial charge in [-0.3, -0.25) is 18.7 Å². The second kappa shape index (κ2) is 7.36. The van der Waals surface area contributed by atoms with E-state index in [0.29, 0.717) is 5.56 Å². The molecule has 1 aliphatic rings. The fourth-order valence-corrected chi connectivity index (χ4v) is 3.36. The zero-order valence-corrected chi connectivity index (χ0v) is 15.0. The largest absolute Gasteiger partial charge is 0.523 e. The Balaban J connectivity index is 1.91. The van der Waals surface area contributed by atoms with Crippen LogP contribution in [0.1, 0.15) is 26.3 Å². The van der Waals surface area contributed by atoms with E-state index in [1.165, 1.54) is 12.1 Å². The number of alkyl halides is 3. The van der Waals surface area contributed by atoms with Crippen LogP contribution < -0.4 is 0 Å². The second-order valence-corrected chi connectivity index (χ2v) is 7.66. The third kappa shape index (κ3) is 3.78. The van der Waals surface area contributed by atoms with Crippen molar-refractivity contribution in [3.63, 3.8) is 0 Å². The minimum absolute atomic E-state index is 0.0698. The van der Waals surface area contributed by atoms with E-state index < -0.39 is 40.1 Å². The van der Waals surface area contributed by atoms with Gasteiger partial charge in [0.15, 0.2) is 0 Å². The first-order valence-electron chi connectivity index (χ1n) is 8.08. The molecule has 0 spiro atoms. The van der Waals surface area contributed by atoms with Crippen molar-refractivity contribution in [1.82, 2.24) is 4.90 Å². The minimum Gasteiger partial charge on any atom is -0.269 e. The van der Waals surface area contributed by atoms with E-state index in [9.17, 15) is 31.2 Å². The van der Waals surface area contributed by atoms with E-state index in [1.54, 1.807) is 42.5 Å². The fraction of sp³-hybridized carbons (Fsp3) is 0.222. The van der Waals surface area contributed by atoms with Crippen LogP contribution in [0.2, 0.25) is 0 Å². The van der Waals surface area contributed by atoms with Gasteiger partial charge in [0.05, 0.1) is 23.8 Å². The average Bonchev–Trinajstić information content (AvgIpc) is 2.90. The van der Waals surface area contributed by atoms with Crippen LogP contribution in [0.3, 0.4) is 0 Å². The fourth-order valence-electron chi connectivity index (χ4n) is 2.89. The van der Waals surface area contributed by atoms with Gasteiger partial charge >= 0.3 is 15.6 Å². The molecule has 0 saturated heterocycles. The summed E-state index contributed by atoms with van der Waals surface area (Å²) in [6.07, 6.45) is -0.0698. The van der Waals surface area contributed by atoms with Crippen molar-refractivity contribution in [3.8, 4) is 0 Å². The highest BCUT2D eigenvalue weighted by atomic mass is 32.2. The zero-order valence-electron chi connectivity index (χ0n) is 14.2. The molecular formula is C18H14F3NO5S. The summed E-state index contributed by atoms with van der Waals surface area (Å²) in [5.74, 6) is -1.43. The molecule has 28 heavy (non-hydrogen) atoms. The summed E-state index contributed by atoms with van der Waals surface area (Å²) >= 11 is 0. The van der Waals surface area contributed by atoms with E-state index in [2.05, 4.69) is 4.18 Å². The van der Waals surface area contributed by atoms with Crippen LogP contribution in [0.15, 0.2) is 54.6 Å². The van der Waals surface area contributed by atoms with Crippen molar-refractivity contribution in [2.75, 3.05) is 6.61 Å². The van der Waals surface area contributed by atoms with Crippen LogP contribution in [-0.2, 0) is 20.7 Å². The summed E-state index contributed by atoms with van der Waals surface area (Å²) in [5, 5.41) is 0. The molecule has 0 N–H and O–H groups in total. The molecule has 2 aromatic rings. The van der Waals surface area contributed by atoms with Crippen LogP contribution in [-0.4, -0.2) is 43.3 Å². The lowest BCUT2D eigenvalue weighted by molar-refractivity contribution is -0.0551. The van der Waals surface area contributed by atoms with Crippen LogP contribution in [0.4, 0.5) is 13.2 Å². The Morgan fingerprint density at radius 2 is 1.39 bits per heavy atom. The van der Waals surface area contributed by atoms with Gasteiger partial charge in [-0.2, -0.15) is 21.6 Å². The van der Waals surface area contributed by atoms with Crippen molar-refractivity contribution < 1.29 is 35.4 Å². The second-order valence-electron chi connectivity index (χ2n) is 6.05. The van der Waals surface area contributed by atoms with Gasteiger partial charge in [0, 0.05) is 0 Å². The third-order valence-electron chi connectivity index (χ3n) is 4.20. The molecular weight excluding hydrogens is 399 g/mol. The Bertz CT molecular complexity index is 970. The number of rotatable bonds is 6. The van der Waals surface area contributed by atoms with Crippen molar-refractivity contribution in [3.05, 3.63) is 71.3 Å². The summed E-state index contributed by atoms with van der Waals surface area (Å²) in [6, 6.07) is 13.0. The van der Waals surface area contributed by atoms with Gasteiger partial charge in [0.25, 0.3) is 11.8 Å². The number of fused-ring (bicyclic) bond motifs is 1. The molecule has 1 heterocycles. The van der Waals surface area contributed by atoms with Gasteiger partial charge in [-0.1, -0.05) is 42.5 Å². The number of amides is 2. The highest BCUT2D eigenvalue weighted by Gasteiger charge is 2.48. The molecule has 6 nitrogen and oxygen atoms in total. The maximum atomic E-state index is 12.6. The molecule has 0 aromatic heterocycles. The molecule has 0 fully saturated rings. The third-order valence-corrected chi connectivity index (χ3v) is 5.22. The van der Waals surface area contributed by atoms with Gasteiger partial charge in [0.2, 0.25) is 0 Å².